The minimum Gasteiger partial charge on any atom is -0.493 e. The van der Waals surface area contributed by atoms with Gasteiger partial charge in [0.25, 0.3) is 11.1 Å². The van der Waals surface area contributed by atoms with E-state index in [1.165, 1.54) is 61.6 Å². The average Bonchev–Trinajstić information content (AvgIpc) is 3.85. The van der Waals surface area contributed by atoms with Crippen molar-refractivity contribution < 1.29 is 47.5 Å². The molecule has 8 atom stereocenters. The van der Waals surface area contributed by atoms with Gasteiger partial charge in [-0.15, -0.1) is 0 Å². The molecule has 6 rings (SSSR count). The highest BCUT2D eigenvalue weighted by Gasteiger charge is 2.49. The summed E-state index contributed by atoms with van der Waals surface area (Å²) >= 11 is 0. The number of imidazole rings is 1. The van der Waals surface area contributed by atoms with Gasteiger partial charge in [-0.05, 0) is 38.1 Å². The SMILES string of the molecule is COc1ccc(CCN(C)P(=O)(OC[C@H]2O[C@@H](n3cnc4c(=O)[nH]c(N)nc43)C(OC)[C@H]2O)O[C@@H]2C[C@H](n3cc(C)c(=O)[nH]c3=O)O[C@@H]2CO)cc1OC. The van der Waals surface area contributed by atoms with Crippen molar-refractivity contribution in [2.24, 2.45) is 0 Å². The second-order valence-electron chi connectivity index (χ2n) is 12.8. The Morgan fingerprint density at radius 2 is 1.83 bits per heavy atom. The van der Waals surface area contributed by atoms with Crippen molar-refractivity contribution in [3.8, 4) is 11.5 Å². The van der Waals surface area contributed by atoms with E-state index in [0.29, 0.717) is 17.9 Å². The van der Waals surface area contributed by atoms with Gasteiger partial charge in [0.05, 0.1) is 33.8 Å². The molecule has 2 aliphatic heterocycles. The summed E-state index contributed by atoms with van der Waals surface area (Å²) in [5.41, 5.74) is 5.05. The number of H-pyrrole nitrogens is 2. The lowest BCUT2D eigenvalue weighted by atomic mass is 10.1. The lowest BCUT2D eigenvalue weighted by Crippen LogP contribution is -2.36. The first kappa shape index (κ1) is 39.3. The molecular weight excluding hydrogens is 735 g/mol. The number of methoxy groups -OCH3 is 3. The molecule has 2 aliphatic rings. The molecule has 21 nitrogen and oxygen atoms in total. The van der Waals surface area contributed by atoms with Gasteiger partial charge in [0, 0.05) is 31.8 Å². The van der Waals surface area contributed by atoms with Crippen LogP contribution in [0.4, 0.5) is 5.95 Å². The lowest BCUT2D eigenvalue weighted by molar-refractivity contribution is -0.0614. The molecule has 1 aromatic carbocycles. The van der Waals surface area contributed by atoms with Crippen LogP contribution < -0.4 is 32.0 Å². The van der Waals surface area contributed by atoms with Crippen LogP contribution in [0.1, 0.15) is 30.0 Å². The Morgan fingerprint density at radius 1 is 1.07 bits per heavy atom. The number of hydrogen-bond donors (Lipinski definition) is 5. The Bertz CT molecular complexity index is 2190. The molecule has 2 saturated heterocycles. The molecule has 0 bridgehead atoms. The fourth-order valence-electron chi connectivity index (χ4n) is 6.41. The Labute approximate surface area is 307 Å². The molecule has 54 heavy (non-hydrogen) atoms. The first-order valence-corrected chi connectivity index (χ1v) is 18.3. The number of aromatic amines is 2. The fourth-order valence-corrected chi connectivity index (χ4v) is 8.07. The quantitative estimate of drug-likeness (QED) is 0.0979. The van der Waals surface area contributed by atoms with Crippen molar-refractivity contribution in [2.75, 3.05) is 53.9 Å². The monoisotopic (exact) mass is 778 g/mol. The summed E-state index contributed by atoms with van der Waals surface area (Å²) in [5, 5.41) is 21.6. The summed E-state index contributed by atoms with van der Waals surface area (Å²) < 4.78 is 59.5. The molecule has 5 heterocycles. The maximum absolute atomic E-state index is 14.9. The number of aryl methyl sites for hydroxylation is 1. The van der Waals surface area contributed by atoms with Crippen molar-refractivity contribution in [2.45, 2.75) is 62.7 Å². The number of aliphatic hydroxyl groups excluding tert-OH is 2. The maximum atomic E-state index is 14.9. The summed E-state index contributed by atoms with van der Waals surface area (Å²) in [5.74, 6) is 0.881. The van der Waals surface area contributed by atoms with E-state index in [-0.39, 0.29) is 35.6 Å². The summed E-state index contributed by atoms with van der Waals surface area (Å²) in [6.45, 7) is 0.620. The highest BCUT2D eigenvalue weighted by Crippen LogP contribution is 2.55. The molecular formula is C32H43N8O13P. The van der Waals surface area contributed by atoms with Crippen LogP contribution >= 0.6 is 7.75 Å². The van der Waals surface area contributed by atoms with Crippen molar-refractivity contribution in [1.82, 2.24) is 33.7 Å². The third-order valence-electron chi connectivity index (χ3n) is 9.39. The predicted molar refractivity (Wildman–Crippen MR) is 189 cm³/mol. The first-order valence-electron chi connectivity index (χ1n) is 16.8. The van der Waals surface area contributed by atoms with Crippen molar-refractivity contribution in [3.63, 3.8) is 0 Å². The van der Waals surface area contributed by atoms with Crippen LogP contribution in [0.5, 0.6) is 11.5 Å². The average molecular weight is 779 g/mol. The molecule has 0 radical (unpaired) electrons. The van der Waals surface area contributed by atoms with Crippen LogP contribution in [0.2, 0.25) is 0 Å². The Balaban J connectivity index is 1.25. The summed E-state index contributed by atoms with van der Waals surface area (Å²) in [6.07, 6.45) is -4.69. The number of ether oxygens (including phenoxy) is 5. The maximum Gasteiger partial charge on any atom is 0.408 e. The minimum absolute atomic E-state index is 0.0133. The van der Waals surface area contributed by atoms with Gasteiger partial charge in [0.15, 0.2) is 28.9 Å². The molecule has 2 fully saturated rings. The van der Waals surface area contributed by atoms with E-state index >= 15 is 0 Å². The van der Waals surface area contributed by atoms with Crippen LogP contribution in [0, 0.1) is 6.92 Å². The number of nitrogens with one attached hydrogen (secondary N) is 2. The Kier molecular flexibility index (Phi) is 11.7. The Hall–Kier alpha value is -4.44. The smallest absolute Gasteiger partial charge is 0.408 e. The zero-order valence-electron chi connectivity index (χ0n) is 30.1. The van der Waals surface area contributed by atoms with Gasteiger partial charge in [-0.2, -0.15) is 4.98 Å². The molecule has 2 unspecified atom stereocenters. The van der Waals surface area contributed by atoms with E-state index in [1.54, 1.807) is 12.1 Å². The van der Waals surface area contributed by atoms with E-state index in [9.17, 15) is 29.2 Å². The normalized spacial score (nSPS) is 25.4. The second-order valence-corrected chi connectivity index (χ2v) is 14.9. The third-order valence-corrected chi connectivity index (χ3v) is 11.4. The number of anilines is 1. The minimum atomic E-state index is -4.35. The number of likely N-dealkylation sites (N-methyl/N-ethyl adjacent to an activating group) is 1. The molecule has 0 saturated carbocycles. The fraction of sp³-hybridized carbons (Fsp3) is 0.531. The van der Waals surface area contributed by atoms with Crippen molar-refractivity contribution in [1.29, 1.82) is 0 Å². The van der Waals surface area contributed by atoms with E-state index < -0.39 is 80.7 Å². The van der Waals surface area contributed by atoms with Crippen molar-refractivity contribution in [3.05, 3.63) is 73.0 Å². The van der Waals surface area contributed by atoms with E-state index in [1.807, 2.05) is 6.07 Å². The van der Waals surface area contributed by atoms with Gasteiger partial charge >= 0.3 is 13.4 Å². The van der Waals surface area contributed by atoms with E-state index in [0.717, 1.165) is 5.56 Å². The number of fused-ring (bicyclic) bond motifs is 1. The molecule has 0 spiro atoms. The number of hydrogen-bond acceptors (Lipinski definition) is 16. The van der Waals surface area contributed by atoms with Gasteiger partial charge in [-0.3, -0.25) is 37.7 Å². The van der Waals surface area contributed by atoms with Crippen LogP contribution in [0.25, 0.3) is 11.2 Å². The highest BCUT2D eigenvalue weighted by atomic mass is 31.2. The number of nitrogens with two attached hydrogens (primary N) is 1. The van der Waals surface area contributed by atoms with E-state index in [2.05, 4.69) is 19.9 Å². The largest absolute Gasteiger partial charge is 0.493 e. The predicted octanol–water partition coefficient (Wildman–Crippen LogP) is -0.185. The van der Waals surface area contributed by atoms with Gasteiger partial charge < -0.3 is 39.6 Å². The van der Waals surface area contributed by atoms with E-state index in [4.69, 9.17) is 38.5 Å². The van der Waals surface area contributed by atoms with Crippen LogP contribution in [0.3, 0.4) is 0 Å². The summed E-state index contributed by atoms with van der Waals surface area (Å²) in [6, 6.07) is 5.35. The number of nitrogens with zero attached hydrogens (tertiary/aromatic N) is 5. The van der Waals surface area contributed by atoms with Gasteiger partial charge in [-0.25, -0.2) is 19.0 Å². The van der Waals surface area contributed by atoms with Gasteiger partial charge in [-0.1, -0.05) is 6.07 Å². The number of aromatic nitrogens is 6. The summed E-state index contributed by atoms with van der Waals surface area (Å²) in [4.78, 5) is 49.9. The Morgan fingerprint density at radius 3 is 2.54 bits per heavy atom. The number of rotatable bonds is 15. The standard InChI is InChI=1S/C32H43N8O13P/c1-16-12-39(32(45)37-28(16)43)23-11-20(21(13-41)51-23)53-54(46,38(2)9-8-17-6-7-18(47-3)19(10-17)48-4)50-14-22-25(42)26(49-5)30(52-22)40-15-34-24-27(40)35-31(33)36-29(24)44/h6-7,10,12,15,20-23,25-26,30,41-42H,8-9,11,13-14H2,1-5H3,(H,37,43,45)(H3,33,35,36,44)/t20-,21-,22-,23-,25+,26?,30-,54?/m1/s1. The molecule has 3 aromatic heterocycles. The first-order chi connectivity index (χ1) is 25.8. The highest BCUT2D eigenvalue weighted by molar-refractivity contribution is 7.51. The molecule has 0 aliphatic carbocycles. The zero-order chi connectivity index (χ0) is 38.9. The van der Waals surface area contributed by atoms with Gasteiger partial charge in [0.2, 0.25) is 5.95 Å². The van der Waals surface area contributed by atoms with Gasteiger partial charge in [0.1, 0.15) is 36.7 Å². The number of aliphatic hydroxyl groups is 2. The number of benzene rings is 1. The third kappa shape index (κ3) is 7.72. The number of nitrogen functional groups attached to an aromatic ring is 1. The molecule has 22 heteroatoms. The zero-order valence-corrected chi connectivity index (χ0v) is 31.0. The molecule has 4 aromatic rings. The molecule has 0 amide bonds. The van der Waals surface area contributed by atoms with Crippen LogP contribution in [0.15, 0.2) is 45.1 Å². The second kappa shape index (κ2) is 16.1. The molecule has 294 valence electrons. The van der Waals surface area contributed by atoms with Crippen molar-refractivity contribution >= 4 is 24.9 Å². The van der Waals surface area contributed by atoms with Crippen LogP contribution in [-0.2, 0) is 34.2 Å². The topological polar surface area (TPSA) is 270 Å². The van der Waals surface area contributed by atoms with Crippen LogP contribution in [-0.4, -0.2) is 123 Å². The summed E-state index contributed by atoms with van der Waals surface area (Å²) in [7, 11) is 1.57. The molecule has 6 N–H and O–H groups in total. The lowest BCUT2D eigenvalue weighted by Gasteiger charge is -2.31.